The number of hydrogen-bond acceptors (Lipinski definition) is 8. The summed E-state index contributed by atoms with van der Waals surface area (Å²) in [5.41, 5.74) is 0. The largest absolute Gasteiger partial charge is 0.715 e. The zero-order valence-corrected chi connectivity index (χ0v) is 11.4. The fourth-order valence-electron chi connectivity index (χ4n) is 1.45. The third kappa shape index (κ3) is 4.64. The van der Waals surface area contributed by atoms with Gasteiger partial charge in [-0.1, -0.05) is 0 Å². The first kappa shape index (κ1) is 15.0. The predicted molar refractivity (Wildman–Crippen MR) is 67.7 cm³/mol. The van der Waals surface area contributed by atoms with Gasteiger partial charge in [0.2, 0.25) is 0 Å². The Kier molecular flexibility index (Phi) is 6.06. The van der Waals surface area contributed by atoms with Gasteiger partial charge >= 0.3 is 14.6 Å². The summed E-state index contributed by atoms with van der Waals surface area (Å²) < 4.78 is 41.2. The Morgan fingerprint density at radius 3 is 1.40 bits per heavy atom. The number of allylic oxidation sites excluding steroid dienone is 2. The molecule has 2 saturated heterocycles. The highest BCUT2D eigenvalue weighted by molar-refractivity contribution is 6.37. The summed E-state index contributed by atoms with van der Waals surface area (Å²) in [6.07, 6.45) is 3.03. The average Bonchev–Trinajstić information content (AvgIpc) is 3.15. The van der Waals surface area contributed by atoms with Crippen molar-refractivity contribution in [2.75, 3.05) is 40.6 Å². The first-order chi connectivity index (χ1) is 9.81. The molecule has 2 fully saturated rings. The quantitative estimate of drug-likeness (QED) is 0.369. The van der Waals surface area contributed by atoms with E-state index in [4.69, 9.17) is 37.4 Å². The van der Waals surface area contributed by atoms with Crippen LogP contribution in [-0.4, -0.2) is 55.3 Å². The Bertz CT molecular complexity index is 315. The summed E-state index contributed by atoms with van der Waals surface area (Å²) in [6, 6.07) is 0. The van der Waals surface area contributed by atoms with E-state index in [1.54, 1.807) is 0 Å². The van der Waals surface area contributed by atoms with Crippen molar-refractivity contribution in [2.24, 2.45) is 0 Å². The van der Waals surface area contributed by atoms with E-state index in [2.05, 4.69) is 0 Å². The lowest BCUT2D eigenvalue weighted by Gasteiger charge is -2.11. The third-order valence-electron chi connectivity index (χ3n) is 2.37. The lowest BCUT2D eigenvalue weighted by Crippen LogP contribution is -2.20. The second kappa shape index (κ2) is 8.05. The summed E-state index contributed by atoms with van der Waals surface area (Å²) in [4.78, 5) is 0. The lowest BCUT2D eigenvalue weighted by atomic mass is 10.2. The second-order valence-corrected chi connectivity index (χ2v) is 3.68. The van der Waals surface area contributed by atoms with E-state index in [1.165, 1.54) is 26.4 Å². The molecule has 2 aliphatic rings. The van der Waals surface area contributed by atoms with Crippen LogP contribution in [0.2, 0.25) is 0 Å². The van der Waals surface area contributed by atoms with Crippen LogP contribution in [0.4, 0.5) is 0 Å². The minimum absolute atomic E-state index is 0.198. The zero-order chi connectivity index (χ0) is 14.2. The standard InChI is InChI=1S/C10H16B2O8/c1-13-9(19-11-15-5-6-16-11)3-4-10(14-2)20-12-17-7-8-18-12/h3-4H,5-8H2,1-2H3/b9-3-,10-4+. The van der Waals surface area contributed by atoms with Crippen LogP contribution in [0.5, 0.6) is 0 Å². The van der Waals surface area contributed by atoms with E-state index in [1.807, 2.05) is 0 Å². The molecule has 0 bridgehead atoms. The summed E-state index contributed by atoms with van der Waals surface area (Å²) in [7, 11) is 1.40. The predicted octanol–water partition coefficient (Wildman–Crippen LogP) is 0.0586. The first-order valence-corrected chi connectivity index (χ1v) is 6.11. The molecule has 0 amide bonds. The van der Waals surface area contributed by atoms with Crippen molar-refractivity contribution < 1.29 is 37.4 Å². The number of hydrogen-bond donors (Lipinski definition) is 0. The van der Waals surface area contributed by atoms with Gasteiger partial charge in [-0.25, -0.2) is 0 Å². The van der Waals surface area contributed by atoms with Gasteiger partial charge in [0.15, 0.2) is 0 Å². The number of rotatable bonds is 7. The molecule has 0 N–H and O–H groups in total. The van der Waals surface area contributed by atoms with Crippen LogP contribution < -0.4 is 0 Å². The average molecular weight is 286 g/mol. The Morgan fingerprint density at radius 2 is 1.10 bits per heavy atom. The van der Waals surface area contributed by atoms with Crippen LogP contribution >= 0.6 is 0 Å². The van der Waals surface area contributed by atoms with Crippen LogP contribution in [0.1, 0.15) is 0 Å². The van der Waals surface area contributed by atoms with Gasteiger partial charge in [0.05, 0.1) is 40.6 Å². The fraction of sp³-hybridized carbons (Fsp3) is 0.600. The summed E-state index contributed by atoms with van der Waals surface area (Å²) >= 11 is 0. The molecular formula is C10H16B2O8. The maximum Gasteiger partial charge on any atom is 0.715 e. The summed E-state index contributed by atoms with van der Waals surface area (Å²) in [5, 5.41) is 0. The van der Waals surface area contributed by atoms with Gasteiger partial charge in [0, 0.05) is 12.2 Å². The smallest absolute Gasteiger partial charge is 0.485 e. The maximum atomic E-state index is 5.30. The first-order valence-electron chi connectivity index (χ1n) is 6.11. The van der Waals surface area contributed by atoms with Crippen molar-refractivity contribution in [3.63, 3.8) is 0 Å². The molecule has 0 aromatic carbocycles. The monoisotopic (exact) mass is 286 g/mol. The molecule has 0 radical (unpaired) electrons. The molecule has 0 aromatic rings. The Balaban J connectivity index is 1.88. The van der Waals surface area contributed by atoms with Crippen molar-refractivity contribution in [3.8, 4) is 0 Å². The molecule has 20 heavy (non-hydrogen) atoms. The normalized spacial score (nSPS) is 20.3. The van der Waals surface area contributed by atoms with Crippen molar-refractivity contribution in [2.45, 2.75) is 0 Å². The zero-order valence-electron chi connectivity index (χ0n) is 11.4. The van der Waals surface area contributed by atoms with Crippen molar-refractivity contribution in [1.82, 2.24) is 0 Å². The minimum Gasteiger partial charge on any atom is -0.485 e. The number of methoxy groups -OCH3 is 2. The van der Waals surface area contributed by atoms with Crippen molar-refractivity contribution in [1.29, 1.82) is 0 Å². The molecule has 0 atom stereocenters. The van der Waals surface area contributed by atoms with Gasteiger partial charge in [-0.3, -0.25) is 0 Å². The molecule has 2 heterocycles. The molecule has 8 nitrogen and oxygen atoms in total. The molecule has 2 rings (SSSR count). The summed E-state index contributed by atoms with van der Waals surface area (Å²) in [5.74, 6) is 0.395. The fourth-order valence-corrected chi connectivity index (χ4v) is 1.45. The van der Waals surface area contributed by atoms with Gasteiger partial charge in [0.25, 0.3) is 11.9 Å². The third-order valence-corrected chi connectivity index (χ3v) is 2.37. The van der Waals surface area contributed by atoms with E-state index in [9.17, 15) is 0 Å². The maximum absolute atomic E-state index is 5.30. The highest BCUT2D eigenvalue weighted by Gasteiger charge is 2.31. The van der Waals surface area contributed by atoms with E-state index in [0.717, 1.165) is 0 Å². The van der Waals surface area contributed by atoms with Crippen LogP contribution in [0, 0.1) is 0 Å². The molecule has 2 aliphatic heterocycles. The number of ether oxygens (including phenoxy) is 2. The van der Waals surface area contributed by atoms with Gasteiger partial charge in [-0.2, -0.15) is 0 Å². The van der Waals surface area contributed by atoms with Crippen molar-refractivity contribution in [3.05, 3.63) is 24.0 Å². The topological polar surface area (TPSA) is 73.8 Å². The molecule has 110 valence electrons. The molecule has 10 heteroatoms. The van der Waals surface area contributed by atoms with E-state index >= 15 is 0 Å². The van der Waals surface area contributed by atoms with E-state index < -0.39 is 14.6 Å². The molecule has 0 unspecified atom stereocenters. The highest BCUT2D eigenvalue weighted by Crippen LogP contribution is 2.11. The van der Waals surface area contributed by atoms with E-state index in [0.29, 0.717) is 26.4 Å². The van der Waals surface area contributed by atoms with Gasteiger partial charge in [0.1, 0.15) is 0 Å². The highest BCUT2D eigenvalue weighted by atomic mass is 16.8. The SMILES string of the molecule is CO/C(=C\C=C(\OC)OB1OCCO1)OB1OCCO1. The second-order valence-electron chi connectivity index (χ2n) is 3.68. The molecule has 0 aliphatic carbocycles. The van der Waals surface area contributed by atoms with Crippen LogP contribution in [-0.2, 0) is 37.4 Å². The van der Waals surface area contributed by atoms with Gasteiger partial charge in [-0.05, 0) is 0 Å². The van der Waals surface area contributed by atoms with Gasteiger partial charge < -0.3 is 37.4 Å². The summed E-state index contributed by atoms with van der Waals surface area (Å²) in [6.45, 7) is 1.95. The van der Waals surface area contributed by atoms with Crippen LogP contribution in [0.25, 0.3) is 0 Å². The molecule has 0 spiro atoms. The Hall–Kier alpha value is -1.35. The minimum atomic E-state index is -0.761. The molecule has 0 aromatic heterocycles. The lowest BCUT2D eigenvalue weighted by molar-refractivity contribution is 0.0984. The van der Waals surface area contributed by atoms with Crippen LogP contribution in [0.3, 0.4) is 0 Å². The molecule has 0 saturated carbocycles. The molecular weight excluding hydrogens is 270 g/mol. The Morgan fingerprint density at radius 1 is 0.750 bits per heavy atom. The Labute approximate surface area is 117 Å². The van der Waals surface area contributed by atoms with Gasteiger partial charge in [-0.15, -0.1) is 0 Å². The van der Waals surface area contributed by atoms with Crippen molar-refractivity contribution >= 4 is 14.6 Å². The van der Waals surface area contributed by atoms with E-state index in [-0.39, 0.29) is 11.9 Å². The van der Waals surface area contributed by atoms with Crippen LogP contribution in [0.15, 0.2) is 24.0 Å².